The van der Waals surface area contributed by atoms with Crippen molar-refractivity contribution in [2.45, 2.75) is 32.7 Å². The average Bonchev–Trinajstić information content (AvgIpc) is 1.84. The minimum absolute atomic E-state index is 0.718. The number of nitrogens with one attached hydrogen (secondary N) is 1. The van der Waals surface area contributed by atoms with Crippen molar-refractivity contribution in [1.82, 2.24) is 10.2 Å². The summed E-state index contributed by atoms with van der Waals surface area (Å²) in [5.41, 5.74) is 0. The van der Waals surface area contributed by atoms with Gasteiger partial charge in [0.1, 0.15) is 0 Å². The second kappa shape index (κ2) is 4.73. The summed E-state index contributed by atoms with van der Waals surface area (Å²) in [6.45, 7) is 9.45. The summed E-state index contributed by atoms with van der Waals surface area (Å²) < 4.78 is 0. The molecule has 1 fully saturated rings. The summed E-state index contributed by atoms with van der Waals surface area (Å²) in [5.74, 6) is 0. The van der Waals surface area contributed by atoms with Gasteiger partial charge in [-0.05, 0) is 39.8 Å². The van der Waals surface area contributed by atoms with Gasteiger partial charge >= 0.3 is 0 Å². The minimum atomic E-state index is 0.718. The molecule has 0 aliphatic carbocycles. The third kappa shape index (κ3) is 3.21. The van der Waals surface area contributed by atoms with Crippen LogP contribution in [0.4, 0.5) is 0 Å². The molecule has 2 nitrogen and oxygen atoms in total. The average molecular weight is 156 g/mol. The highest BCUT2D eigenvalue weighted by atomic mass is 15.2. The summed E-state index contributed by atoms with van der Waals surface area (Å²) in [4.78, 5) is 2.55. The van der Waals surface area contributed by atoms with Crippen LogP contribution in [0.1, 0.15) is 26.7 Å². The molecule has 0 bridgehead atoms. The summed E-state index contributed by atoms with van der Waals surface area (Å²) in [6, 6.07) is 0.718. The fourth-order valence-electron chi connectivity index (χ4n) is 1.54. The highest BCUT2D eigenvalue weighted by molar-refractivity contribution is 4.67. The van der Waals surface area contributed by atoms with E-state index >= 15 is 0 Å². The molecule has 0 unspecified atom stereocenters. The first kappa shape index (κ1) is 9.01. The lowest BCUT2D eigenvalue weighted by molar-refractivity contribution is 0.208. The fraction of sp³-hybridized carbons (Fsp3) is 1.00. The van der Waals surface area contributed by atoms with Gasteiger partial charge in [0, 0.05) is 19.1 Å². The zero-order chi connectivity index (χ0) is 8.10. The van der Waals surface area contributed by atoms with Crippen molar-refractivity contribution in [3.63, 3.8) is 0 Å². The van der Waals surface area contributed by atoms with Crippen LogP contribution in [-0.2, 0) is 0 Å². The van der Waals surface area contributed by atoms with Crippen LogP contribution in [0.15, 0.2) is 0 Å². The molecule has 0 spiro atoms. The normalized spacial score (nSPS) is 23.2. The zero-order valence-electron chi connectivity index (χ0n) is 7.77. The summed E-state index contributed by atoms with van der Waals surface area (Å²) in [7, 11) is 0. The Morgan fingerprint density at radius 1 is 1.09 bits per heavy atom. The Hall–Kier alpha value is -0.0800. The molecule has 0 amide bonds. The van der Waals surface area contributed by atoms with Crippen LogP contribution >= 0.6 is 0 Å². The van der Waals surface area contributed by atoms with Crippen molar-refractivity contribution < 1.29 is 0 Å². The Balaban J connectivity index is 2.26. The molecule has 11 heavy (non-hydrogen) atoms. The predicted octanol–water partition coefficient (Wildman–Crippen LogP) is 1.08. The van der Waals surface area contributed by atoms with Crippen molar-refractivity contribution >= 4 is 0 Å². The van der Waals surface area contributed by atoms with E-state index in [1.807, 2.05) is 0 Å². The van der Waals surface area contributed by atoms with Crippen LogP contribution in [-0.4, -0.2) is 37.1 Å². The first-order valence-electron chi connectivity index (χ1n) is 4.75. The van der Waals surface area contributed by atoms with E-state index in [2.05, 4.69) is 24.1 Å². The molecule has 1 saturated heterocycles. The maximum Gasteiger partial charge on any atom is 0.0110 e. The first-order chi connectivity index (χ1) is 5.30. The number of hydrogen-bond acceptors (Lipinski definition) is 2. The number of rotatable bonds is 1. The summed E-state index contributed by atoms with van der Waals surface area (Å²) in [6.07, 6.45) is 2.69. The van der Waals surface area contributed by atoms with Crippen LogP contribution in [0.2, 0.25) is 0 Å². The molecule has 2 heteroatoms. The molecule has 0 atom stereocenters. The molecule has 1 heterocycles. The minimum Gasteiger partial charge on any atom is -0.315 e. The van der Waals surface area contributed by atoms with Gasteiger partial charge in [0.15, 0.2) is 0 Å². The highest BCUT2D eigenvalue weighted by Gasteiger charge is 2.09. The van der Waals surface area contributed by atoms with Crippen LogP contribution in [0.3, 0.4) is 0 Å². The zero-order valence-corrected chi connectivity index (χ0v) is 7.77. The van der Waals surface area contributed by atoms with Crippen molar-refractivity contribution in [2.75, 3.05) is 26.2 Å². The third-order valence-corrected chi connectivity index (χ3v) is 2.35. The van der Waals surface area contributed by atoms with E-state index in [0.717, 1.165) is 12.6 Å². The Bertz CT molecular complexity index is 93.7. The van der Waals surface area contributed by atoms with Crippen molar-refractivity contribution in [3.8, 4) is 0 Å². The predicted molar refractivity (Wildman–Crippen MR) is 48.8 cm³/mol. The van der Waals surface area contributed by atoms with Gasteiger partial charge in [-0.1, -0.05) is 0 Å². The summed E-state index contributed by atoms with van der Waals surface area (Å²) in [5, 5.41) is 3.43. The van der Waals surface area contributed by atoms with E-state index in [-0.39, 0.29) is 0 Å². The quantitative estimate of drug-likeness (QED) is 0.611. The maximum atomic E-state index is 3.43. The smallest absolute Gasteiger partial charge is 0.0110 e. The molecular weight excluding hydrogens is 136 g/mol. The van der Waals surface area contributed by atoms with Gasteiger partial charge in [0.2, 0.25) is 0 Å². The lowest BCUT2D eigenvalue weighted by Crippen LogP contribution is -2.39. The van der Waals surface area contributed by atoms with Crippen LogP contribution in [0.25, 0.3) is 0 Å². The second-order valence-corrected chi connectivity index (χ2v) is 3.59. The van der Waals surface area contributed by atoms with E-state index in [9.17, 15) is 0 Å². The van der Waals surface area contributed by atoms with Gasteiger partial charge in [0.25, 0.3) is 0 Å². The van der Waals surface area contributed by atoms with Gasteiger partial charge in [-0.3, -0.25) is 4.90 Å². The number of nitrogens with zero attached hydrogens (tertiary/aromatic N) is 1. The SMILES string of the molecule is CC(C)N1CCCCNCC1. The van der Waals surface area contributed by atoms with E-state index in [1.165, 1.54) is 32.5 Å². The molecule has 0 aromatic carbocycles. The molecule has 1 rings (SSSR count). The monoisotopic (exact) mass is 156 g/mol. The van der Waals surface area contributed by atoms with E-state index in [0.29, 0.717) is 0 Å². The lowest BCUT2D eigenvalue weighted by atomic mass is 10.2. The first-order valence-corrected chi connectivity index (χ1v) is 4.75. The molecule has 0 saturated carbocycles. The summed E-state index contributed by atoms with van der Waals surface area (Å²) >= 11 is 0. The van der Waals surface area contributed by atoms with E-state index in [4.69, 9.17) is 0 Å². The molecule has 0 aromatic heterocycles. The fourth-order valence-corrected chi connectivity index (χ4v) is 1.54. The Labute approximate surface area is 70.0 Å². The van der Waals surface area contributed by atoms with Crippen LogP contribution in [0, 0.1) is 0 Å². The molecule has 0 radical (unpaired) electrons. The molecule has 1 aliphatic heterocycles. The molecule has 66 valence electrons. The van der Waals surface area contributed by atoms with Gasteiger partial charge < -0.3 is 5.32 Å². The van der Waals surface area contributed by atoms with Crippen LogP contribution < -0.4 is 5.32 Å². The molecular formula is C9H20N2. The Morgan fingerprint density at radius 3 is 2.64 bits per heavy atom. The largest absolute Gasteiger partial charge is 0.315 e. The Kier molecular flexibility index (Phi) is 3.87. The van der Waals surface area contributed by atoms with Crippen molar-refractivity contribution in [3.05, 3.63) is 0 Å². The van der Waals surface area contributed by atoms with Crippen molar-refractivity contribution in [1.29, 1.82) is 0 Å². The molecule has 1 aliphatic rings. The van der Waals surface area contributed by atoms with Gasteiger partial charge in [-0.25, -0.2) is 0 Å². The maximum absolute atomic E-state index is 3.43. The second-order valence-electron chi connectivity index (χ2n) is 3.59. The van der Waals surface area contributed by atoms with Gasteiger partial charge in [-0.2, -0.15) is 0 Å². The molecule has 0 aromatic rings. The van der Waals surface area contributed by atoms with Gasteiger partial charge in [0.05, 0.1) is 0 Å². The standard InChI is InChI=1S/C9H20N2/c1-9(2)11-7-4-3-5-10-6-8-11/h9-10H,3-8H2,1-2H3. The Morgan fingerprint density at radius 2 is 1.91 bits per heavy atom. The third-order valence-electron chi connectivity index (χ3n) is 2.35. The topological polar surface area (TPSA) is 15.3 Å². The van der Waals surface area contributed by atoms with E-state index in [1.54, 1.807) is 0 Å². The number of hydrogen-bond donors (Lipinski definition) is 1. The molecule has 1 N–H and O–H groups in total. The lowest BCUT2D eigenvalue weighted by Gasteiger charge is -2.28. The highest BCUT2D eigenvalue weighted by Crippen LogP contribution is 2.02. The van der Waals surface area contributed by atoms with Crippen molar-refractivity contribution in [2.24, 2.45) is 0 Å². The van der Waals surface area contributed by atoms with Gasteiger partial charge in [-0.15, -0.1) is 0 Å². The van der Waals surface area contributed by atoms with E-state index < -0.39 is 0 Å². The van der Waals surface area contributed by atoms with Crippen LogP contribution in [0.5, 0.6) is 0 Å².